The second-order valence-electron chi connectivity index (χ2n) is 8.31. The number of aliphatic hydroxyl groups is 1. The van der Waals surface area contributed by atoms with E-state index in [1.807, 2.05) is 24.3 Å². The highest BCUT2D eigenvalue weighted by atomic mass is 16.5. The summed E-state index contributed by atoms with van der Waals surface area (Å²) in [6, 6.07) is 7.63. The van der Waals surface area contributed by atoms with Gasteiger partial charge < -0.3 is 15.2 Å². The average molecular weight is 399 g/mol. The Morgan fingerprint density at radius 2 is 2.00 bits per heavy atom. The Kier molecular flexibility index (Phi) is 5.52. The number of carbonyl (C=O) groups excluding carboxylic acids is 1. The molecule has 0 radical (unpaired) electrons. The number of amides is 1. The molecule has 29 heavy (non-hydrogen) atoms. The van der Waals surface area contributed by atoms with Crippen LogP contribution in [-0.2, 0) is 15.1 Å². The van der Waals surface area contributed by atoms with Gasteiger partial charge in [-0.25, -0.2) is 9.97 Å². The van der Waals surface area contributed by atoms with E-state index in [9.17, 15) is 9.90 Å². The quantitative estimate of drug-likeness (QED) is 0.804. The number of anilines is 2. The molecule has 3 heterocycles. The minimum Gasteiger partial charge on any atom is -0.386 e. The van der Waals surface area contributed by atoms with Gasteiger partial charge in [-0.2, -0.15) is 0 Å². The molecule has 0 atom stereocenters. The average Bonchev–Trinajstić information content (AvgIpc) is 2.73. The first-order chi connectivity index (χ1) is 13.9. The number of nitrogens with zero attached hydrogens (tertiary/aromatic N) is 3. The Hall–Kier alpha value is -2.51. The van der Waals surface area contributed by atoms with E-state index in [1.165, 1.54) is 0 Å². The van der Waals surface area contributed by atoms with Crippen LogP contribution in [0, 0.1) is 5.92 Å². The summed E-state index contributed by atoms with van der Waals surface area (Å²) in [5.74, 6) is 1.85. The maximum absolute atomic E-state index is 12.6. The van der Waals surface area contributed by atoms with Gasteiger partial charge in [-0.1, -0.05) is 24.3 Å². The minimum absolute atomic E-state index is 0. The Morgan fingerprint density at radius 3 is 2.69 bits per heavy atom. The Bertz CT molecular complexity index is 877. The Morgan fingerprint density at radius 1 is 1.28 bits per heavy atom. The molecule has 0 bridgehead atoms. The van der Waals surface area contributed by atoms with E-state index in [0.717, 1.165) is 43.6 Å². The summed E-state index contributed by atoms with van der Waals surface area (Å²) in [5, 5.41) is 13.2. The van der Waals surface area contributed by atoms with Gasteiger partial charge in [0.2, 0.25) is 5.91 Å². The van der Waals surface area contributed by atoms with Crippen LogP contribution in [0.5, 0.6) is 0 Å². The third kappa shape index (κ3) is 4.41. The van der Waals surface area contributed by atoms with Crippen LogP contribution in [0.1, 0.15) is 40.1 Å². The number of carbonyl (C=O) groups is 1. The lowest BCUT2D eigenvalue weighted by molar-refractivity contribution is -0.117. The van der Waals surface area contributed by atoms with Gasteiger partial charge in [0, 0.05) is 26.7 Å². The van der Waals surface area contributed by atoms with E-state index in [1.54, 1.807) is 24.9 Å². The largest absolute Gasteiger partial charge is 0.386 e. The molecule has 2 aromatic rings. The third-order valence-electron chi connectivity index (χ3n) is 5.71. The predicted molar refractivity (Wildman–Crippen MR) is 114 cm³/mol. The van der Waals surface area contributed by atoms with Gasteiger partial charge in [-0.3, -0.25) is 9.69 Å². The molecule has 2 aliphatic rings. The van der Waals surface area contributed by atoms with Crippen molar-refractivity contribution in [3.63, 3.8) is 0 Å². The SMILES string of the molecule is CC(C)(O)c1ccc(-c2cnc3c(n2)N(CCC2CCOCC2)C(=O)CN3)cc1.[HH]. The number of rotatable bonds is 5. The van der Waals surface area contributed by atoms with Crippen molar-refractivity contribution in [2.75, 3.05) is 36.5 Å². The smallest absolute Gasteiger partial charge is 0.247 e. The summed E-state index contributed by atoms with van der Waals surface area (Å²) in [5.41, 5.74) is 1.55. The van der Waals surface area contributed by atoms with E-state index in [4.69, 9.17) is 9.72 Å². The second kappa shape index (κ2) is 8.08. The topological polar surface area (TPSA) is 87.6 Å². The van der Waals surface area contributed by atoms with Crippen LogP contribution in [-0.4, -0.2) is 47.3 Å². The fourth-order valence-corrected chi connectivity index (χ4v) is 3.83. The number of hydrogen-bond acceptors (Lipinski definition) is 6. The molecule has 156 valence electrons. The maximum atomic E-state index is 12.6. The molecule has 7 heteroatoms. The van der Waals surface area contributed by atoms with Gasteiger partial charge in [-0.05, 0) is 44.6 Å². The molecule has 1 saturated heterocycles. The third-order valence-corrected chi connectivity index (χ3v) is 5.71. The summed E-state index contributed by atoms with van der Waals surface area (Å²) in [6.07, 6.45) is 4.76. The van der Waals surface area contributed by atoms with Crippen LogP contribution in [0.3, 0.4) is 0 Å². The highest BCUT2D eigenvalue weighted by molar-refractivity contribution is 6.00. The van der Waals surface area contributed by atoms with Crippen LogP contribution < -0.4 is 10.2 Å². The molecule has 4 rings (SSSR count). The van der Waals surface area contributed by atoms with Crippen molar-refractivity contribution < 1.29 is 16.1 Å². The molecule has 7 nitrogen and oxygen atoms in total. The molecule has 0 unspecified atom stereocenters. The first-order valence-corrected chi connectivity index (χ1v) is 10.2. The van der Waals surface area contributed by atoms with Crippen LogP contribution in [0.4, 0.5) is 11.6 Å². The van der Waals surface area contributed by atoms with Crippen molar-refractivity contribution in [1.82, 2.24) is 9.97 Å². The van der Waals surface area contributed by atoms with E-state index in [0.29, 0.717) is 29.8 Å². The van der Waals surface area contributed by atoms with Crippen LogP contribution in [0.15, 0.2) is 30.5 Å². The van der Waals surface area contributed by atoms with Crippen molar-refractivity contribution in [3.8, 4) is 11.3 Å². The van der Waals surface area contributed by atoms with Gasteiger partial charge in [0.25, 0.3) is 0 Å². The molecule has 1 amide bonds. The molecule has 1 fully saturated rings. The van der Waals surface area contributed by atoms with Gasteiger partial charge in [0.15, 0.2) is 11.6 Å². The van der Waals surface area contributed by atoms with Crippen LogP contribution in [0.2, 0.25) is 0 Å². The summed E-state index contributed by atoms with van der Waals surface area (Å²) < 4.78 is 5.43. The molecule has 0 spiro atoms. The van der Waals surface area contributed by atoms with Gasteiger partial charge in [0.05, 0.1) is 24.0 Å². The predicted octanol–water partition coefficient (Wildman–Crippen LogP) is 3.19. The fourth-order valence-electron chi connectivity index (χ4n) is 3.83. The monoisotopic (exact) mass is 398 g/mol. The first kappa shape index (κ1) is 19.8. The Labute approximate surface area is 172 Å². The number of benzene rings is 1. The van der Waals surface area contributed by atoms with E-state index in [-0.39, 0.29) is 13.9 Å². The lowest BCUT2D eigenvalue weighted by Crippen LogP contribution is -2.42. The zero-order valence-electron chi connectivity index (χ0n) is 17.0. The number of hydrogen-bond donors (Lipinski definition) is 2. The Balaban J connectivity index is 0.00000256. The van der Waals surface area contributed by atoms with Crippen molar-refractivity contribution in [2.24, 2.45) is 5.92 Å². The van der Waals surface area contributed by atoms with E-state index in [2.05, 4.69) is 10.3 Å². The molecule has 0 aliphatic carbocycles. The highest BCUT2D eigenvalue weighted by Crippen LogP contribution is 2.31. The highest BCUT2D eigenvalue weighted by Gasteiger charge is 2.28. The molecule has 1 aromatic heterocycles. The van der Waals surface area contributed by atoms with E-state index < -0.39 is 5.60 Å². The zero-order valence-corrected chi connectivity index (χ0v) is 17.0. The van der Waals surface area contributed by atoms with Gasteiger partial charge in [0.1, 0.15) is 0 Å². The molecule has 1 aromatic carbocycles. The summed E-state index contributed by atoms with van der Waals surface area (Å²) in [4.78, 5) is 23.6. The van der Waals surface area contributed by atoms with Gasteiger partial charge in [-0.15, -0.1) is 0 Å². The second-order valence-corrected chi connectivity index (χ2v) is 8.31. The number of fused-ring (bicyclic) bond motifs is 1. The van der Waals surface area contributed by atoms with E-state index >= 15 is 0 Å². The zero-order chi connectivity index (χ0) is 20.4. The van der Waals surface area contributed by atoms with Crippen LogP contribution in [0.25, 0.3) is 11.3 Å². The number of ether oxygens (including phenoxy) is 1. The van der Waals surface area contributed by atoms with Crippen molar-refractivity contribution in [3.05, 3.63) is 36.0 Å². The fraction of sp³-hybridized carbons (Fsp3) is 0.500. The summed E-state index contributed by atoms with van der Waals surface area (Å²) >= 11 is 0. The first-order valence-electron chi connectivity index (χ1n) is 10.2. The van der Waals surface area contributed by atoms with Crippen LogP contribution >= 0.6 is 0 Å². The summed E-state index contributed by atoms with van der Waals surface area (Å²) in [7, 11) is 0. The van der Waals surface area contributed by atoms with Gasteiger partial charge >= 0.3 is 0 Å². The lowest BCUT2D eigenvalue weighted by atomic mass is 9.96. The standard InChI is InChI=1S/C22H28N4O3.H2/c1-22(2,28)17-5-3-16(4-6-17)18-13-23-20-21(25-18)26(19(27)14-24-20)10-7-15-8-11-29-12-9-15;/h3-6,13,15,28H,7-12,14H2,1-2H3,(H,23,24);1H. The summed E-state index contributed by atoms with van der Waals surface area (Å²) in [6.45, 7) is 6.02. The lowest BCUT2D eigenvalue weighted by Gasteiger charge is -2.30. The molecule has 2 N–H and O–H groups in total. The van der Waals surface area contributed by atoms with Crippen molar-refractivity contribution in [1.29, 1.82) is 0 Å². The minimum atomic E-state index is -0.892. The number of aromatic nitrogens is 2. The van der Waals surface area contributed by atoms with Crippen molar-refractivity contribution >= 4 is 17.5 Å². The van der Waals surface area contributed by atoms with Crippen molar-refractivity contribution in [2.45, 2.75) is 38.7 Å². The normalized spacial score (nSPS) is 17.8. The maximum Gasteiger partial charge on any atom is 0.247 e. The molecular weight excluding hydrogens is 368 g/mol. The molecular formula is C22H30N4O3. The molecule has 0 saturated carbocycles. The number of nitrogens with one attached hydrogen (secondary N) is 1. The molecule has 2 aliphatic heterocycles.